The number of nitrogens with zero attached hydrogens (tertiary/aromatic N) is 6. The van der Waals surface area contributed by atoms with Crippen LogP contribution in [0.3, 0.4) is 0 Å². The number of rotatable bonds is 38. The van der Waals surface area contributed by atoms with E-state index in [1.165, 1.54) is 21.4 Å². The third-order valence-electron chi connectivity index (χ3n) is 26.4. The smallest absolute Gasteiger partial charge is 0.251 e. The molecule has 4 heterocycles. The molecule has 2 aliphatic carbocycles. The van der Waals surface area contributed by atoms with Crippen molar-refractivity contribution in [2.24, 2.45) is 37.5 Å². The molecular formula is C104H130Cl2FN13O14S. The van der Waals surface area contributed by atoms with Gasteiger partial charge in [-0.25, -0.2) is 9.37 Å². The van der Waals surface area contributed by atoms with Crippen LogP contribution in [-0.2, 0) is 44.8 Å². The lowest BCUT2D eigenvalue weighted by Gasteiger charge is -2.63. The first kappa shape index (κ1) is 104. The molecule has 4 fully saturated rings. The molecule has 7 amide bonds. The Morgan fingerprint density at radius 3 is 1.56 bits per heavy atom. The first-order valence-corrected chi connectivity index (χ1v) is 47.9. The monoisotopic (exact) mass is 1910 g/mol. The average Bonchev–Trinajstić information content (AvgIpc) is 1.07. The minimum Gasteiger partial charge on any atom is -0.489 e. The number of hydrogen-bond donors (Lipinski definition) is 9. The second-order valence-corrected chi connectivity index (χ2v) is 42.2. The summed E-state index contributed by atoms with van der Waals surface area (Å²) < 4.78 is 39.2. The summed E-state index contributed by atoms with van der Waals surface area (Å²) >= 11 is 14.0. The number of aliphatic hydroxyl groups is 2. The maximum absolute atomic E-state index is 15.2. The topological polar surface area (TPSA) is 377 Å². The summed E-state index contributed by atoms with van der Waals surface area (Å²) in [6.45, 7) is 34.8. The number of likely N-dealkylation sites (tertiary alicyclic amines) is 2. The Balaban J connectivity index is 0.000000260. The van der Waals surface area contributed by atoms with Crippen LogP contribution in [0, 0.1) is 67.9 Å². The van der Waals surface area contributed by atoms with Gasteiger partial charge in [0.1, 0.15) is 73.0 Å². The number of aromatic nitrogens is 1. The highest BCUT2D eigenvalue weighted by Gasteiger charge is 2.65. The number of aryl methyl sites for hydroxylation is 1. The Morgan fingerprint density at radius 2 is 1.08 bits per heavy atom. The van der Waals surface area contributed by atoms with Crippen molar-refractivity contribution in [2.45, 2.75) is 249 Å². The quantitative estimate of drug-likeness (QED) is 0.0162. The highest BCUT2D eigenvalue weighted by atomic mass is 35.5. The van der Waals surface area contributed by atoms with Crippen LogP contribution in [-0.4, -0.2) is 192 Å². The van der Waals surface area contributed by atoms with Gasteiger partial charge in [0.05, 0.1) is 61.2 Å². The van der Waals surface area contributed by atoms with Crippen molar-refractivity contribution in [3.05, 3.63) is 199 Å². The number of amides is 7. The molecule has 0 spiro atoms. The van der Waals surface area contributed by atoms with Crippen LogP contribution < -0.4 is 46.7 Å². The number of β-amino-alcohol motifs (C(OH)–C–C–N with tert-alkyl or cyclic N) is 2. The molecule has 722 valence electrons. The fourth-order valence-electron chi connectivity index (χ4n) is 19.5. The van der Waals surface area contributed by atoms with Gasteiger partial charge in [0, 0.05) is 146 Å². The minimum absolute atomic E-state index is 0.0236. The van der Waals surface area contributed by atoms with E-state index in [9.17, 15) is 59.1 Å². The standard InChI is InChI=1S/C53H67ClN6O7.C51H63ClFN7O7S/c1-32(34-12-14-35(15-13-34)41-22-24-56-33(41)2)26-44(62)43-27-39(61)30-60(43)48(65)46(51(3,4)5)58-45(63)31-66-25-11-10-23-57-38-19-16-36(17-20-38)47(64)59-49-52(6,7)50(53(49,8)9)67-40-21-18-37(29-55)42(54)28-40;1-30-42(68-29-57-30)32-14-12-31(13-15-32)26-56-45(64)40-23-35(61)27-60(40)46(65)43(49(2,3)4)58-41(62)28-66-21-11-9-10-20-55-39-19-17-33(22-38(39)53)44(63)59-47-50(5,6)48(51(47,7)8)67-36-18-16-34(25-54)37(52)24-36/h12-21,24,28,32,39,43,46,49-50,57,61H,10-11,22-23,25-27,30-31H2,1-9H3,(H,58,63)(H,59,64);12-19,22,24,29,35,40,43,47-48,55,61H,9-11,20-21,23,26-28H2,1-8H3,(H,56,64)(H,58,62)(H,59,63)/t32-,39-,43+,46-,49?,50?;35-,40+,43-,47?,48?/m11/s1. The van der Waals surface area contributed by atoms with E-state index in [-0.39, 0.29) is 122 Å². The summed E-state index contributed by atoms with van der Waals surface area (Å²) in [4.78, 5) is 121. The zero-order valence-electron chi connectivity index (χ0n) is 80.4. The number of halogens is 3. The van der Waals surface area contributed by atoms with Gasteiger partial charge in [-0.3, -0.25) is 43.3 Å². The number of hydrogen-bond acceptors (Lipinski definition) is 21. The molecule has 9 N–H and O–H groups in total. The van der Waals surface area contributed by atoms with Crippen LogP contribution in [0.5, 0.6) is 11.5 Å². The third kappa shape index (κ3) is 25.8. The lowest BCUT2D eigenvalue weighted by Crippen LogP contribution is -2.74. The Labute approximate surface area is 806 Å². The van der Waals surface area contributed by atoms with Gasteiger partial charge in [0.15, 0.2) is 5.78 Å². The molecule has 6 aromatic carbocycles. The molecule has 0 radical (unpaired) electrons. The molecule has 7 aromatic rings. The maximum Gasteiger partial charge on any atom is 0.251 e. The number of Topliss-reactive ketones (excluding diaryl/α,β-unsaturated/α-hetero) is 1. The van der Waals surface area contributed by atoms with E-state index < -0.39 is 93.4 Å². The summed E-state index contributed by atoms with van der Waals surface area (Å²) in [6.07, 6.45) is 4.46. The summed E-state index contributed by atoms with van der Waals surface area (Å²) in [6, 6.07) is 37.7. The molecule has 2 saturated carbocycles. The van der Waals surface area contributed by atoms with Gasteiger partial charge in [-0.15, -0.1) is 11.3 Å². The van der Waals surface area contributed by atoms with Gasteiger partial charge in [-0.05, 0) is 157 Å². The fourth-order valence-corrected chi connectivity index (χ4v) is 20.8. The number of carbonyl (C=O) groups excluding carboxylic acids is 8. The van der Waals surface area contributed by atoms with Crippen LogP contribution in [0.2, 0.25) is 10.0 Å². The van der Waals surface area contributed by atoms with Gasteiger partial charge in [-0.2, -0.15) is 10.5 Å². The highest BCUT2D eigenvalue weighted by Crippen LogP contribution is 2.57. The van der Waals surface area contributed by atoms with Crippen LogP contribution in [0.25, 0.3) is 16.0 Å². The van der Waals surface area contributed by atoms with Crippen LogP contribution >= 0.6 is 34.5 Å². The lowest BCUT2D eigenvalue weighted by atomic mass is 9.49. The Kier molecular flexibility index (Phi) is 34.6. The van der Waals surface area contributed by atoms with Crippen molar-refractivity contribution in [2.75, 3.05) is 63.2 Å². The molecule has 2 saturated heterocycles. The second-order valence-electron chi connectivity index (χ2n) is 40.6. The largest absolute Gasteiger partial charge is 0.489 e. The number of unbranched alkanes of at least 4 members (excludes halogenated alkanes) is 3. The van der Waals surface area contributed by atoms with E-state index in [0.717, 1.165) is 63.5 Å². The molecular weight excluding hydrogens is 1780 g/mol. The van der Waals surface area contributed by atoms with E-state index in [2.05, 4.69) is 93.1 Å². The molecule has 135 heavy (non-hydrogen) atoms. The van der Waals surface area contributed by atoms with E-state index in [1.807, 2.05) is 151 Å². The normalized spacial score (nSPS) is 20.7. The zero-order valence-corrected chi connectivity index (χ0v) is 82.7. The number of aliphatic hydroxyl groups excluding tert-OH is 2. The number of benzene rings is 6. The predicted molar refractivity (Wildman–Crippen MR) is 523 cm³/mol. The number of aliphatic imine (C=N–C) groups is 1. The fraction of sp³-hybridized carbons (Fsp3) is 0.500. The molecule has 1 aromatic heterocycles. The van der Waals surface area contributed by atoms with E-state index in [0.29, 0.717) is 83.8 Å². The summed E-state index contributed by atoms with van der Waals surface area (Å²) in [7, 11) is 0. The first-order chi connectivity index (χ1) is 63.7. The molecule has 0 unspecified atom stereocenters. The average molecular weight is 1910 g/mol. The van der Waals surface area contributed by atoms with Gasteiger partial charge in [0.2, 0.25) is 29.5 Å². The molecule has 3 aliphatic heterocycles. The SMILES string of the molecule is CC1=C(c2ccc([C@H](C)CC(=O)[C@@H]3C[C@@H](O)CN3C(=O)[C@@H](NC(=O)COCCCCNc3ccc(C(=O)NC4C(C)(C)C(Oc5ccc(C#N)c(Cl)c5)C4(C)C)cc3)C(C)(C)C)cc2)CC=N1.Cc1ncsc1-c1ccc(CNC(=O)[C@@H]2C[C@@H](O)CN2C(=O)[C@@H](NC(=O)COCCCCCNc2ccc(C(=O)NC3C(C)(C)C(Oc4ccc(C#N)c(Cl)c4)C3(C)C)cc2F)C(C)(C)C)cc1. The van der Waals surface area contributed by atoms with Crippen LogP contribution in [0.4, 0.5) is 15.8 Å². The number of nitriles is 2. The van der Waals surface area contributed by atoms with Crippen LogP contribution in [0.15, 0.2) is 144 Å². The highest BCUT2D eigenvalue weighted by molar-refractivity contribution is 7.13. The number of allylic oxidation sites excluding steroid dienone is 2. The van der Waals surface area contributed by atoms with E-state index >= 15 is 4.39 Å². The van der Waals surface area contributed by atoms with Crippen molar-refractivity contribution < 1.29 is 71.9 Å². The van der Waals surface area contributed by atoms with E-state index in [4.69, 9.17) is 42.1 Å². The Morgan fingerprint density at radius 1 is 0.600 bits per heavy atom. The van der Waals surface area contributed by atoms with Crippen LogP contribution in [0.1, 0.15) is 229 Å². The summed E-state index contributed by atoms with van der Waals surface area (Å²) in [5.41, 5.74) is 8.53. The number of ketones is 1. The Hall–Kier alpha value is -11.2. The molecule has 12 rings (SSSR count). The summed E-state index contributed by atoms with van der Waals surface area (Å²) in [5, 5.41) is 61.6. The summed E-state index contributed by atoms with van der Waals surface area (Å²) in [5.74, 6) is -2.37. The molecule has 0 bridgehead atoms. The predicted octanol–water partition coefficient (Wildman–Crippen LogP) is 16.3. The van der Waals surface area contributed by atoms with Crippen molar-refractivity contribution in [1.29, 1.82) is 10.5 Å². The number of anilines is 2. The molecule has 7 atom stereocenters. The van der Waals surface area contributed by atoms with Crippen molar-refractivity contribution in [3.63, 3.8) is 0 Å². The van der Waals surface area contributed by atoms with Gasteiger partial charge in [0.25, 0.3) is 11.8 Å². The number of ether oxygens (including phenoxy) is 4. The van der Waals surface area contributed by atoms with E-state index in [1.54, 1.807) is 77.5 Å². The molecule has 31 heteroatoms. The zero-order chi connectivity index (χ0) is 98.4. The number of thiazole rings is 1. The third-order valence-corrected chi connectivity index (χ3v) is 28.0. The van der Waals surface area contributed by atoms with Crippen molar-refractivity contribution in [3.8, 4) is 34.1 Å². The molecule has 5 aliphatic rings. The van der Waals surface area contributed by atoms with Gasteiger partial charge < -0.3 is 76.2 Å². The minimum atomic E-state index is -0.977. The molecule has 27 nitrogen and oxygen atoms in total. The lowest BCUT2D eigenvalue weighted by molar-refractivity contribution is -0.164. The van der Waals surface area contributed by atoms with Crippen molar-refractivity contribution in [1.82, 2.24) is 41.4 Å². The van der Waals surface area contributed by atoms with Crippen molar-refractivity contribution >= 4 is 105 Å². The Bertz CT molecular complexity index is 5550. The van der Waals surface area contributed by atoms with Gasteiger partial charge >= 0.3 is 0 Å². The maximum atomic E-state index is 15.2. The first-order valence-electron chi connectivity index (χ1n) is 46.3. The second kappa shape index (κ2) is 44.8. The van der Waals surface area contributed by atoms with Gasteiger partial charge in [-0.1, -0.05) is 176 Å². The number of carbonyl (C=O) groups is 8. The number of nitrogens with one attached hydrogen (secondary N) is 7.